The molecule has 4 rings (SSSR count). The highest BCUT2D eigenvalue weighted by molar-refractivity contribution is 5.92. The highest BCUT2D eigenvalue weighted by atomic mass is 16.6. The van der Waals surface area contributed by atoms with Crippen LogP contribution in [-0.2, 0) is 9.59 Å². The number of piperazine rings is 1. The summed E-state index contributed by atoms with van der Waals surface area (Å²) in [5.41, 5.74) is 1.47. The molecule has 2 aromatic carbocycles. The van der Waals surface area contributed by atoms with Crippen LogP contribution in [0.2, 0.25) is 0 Å². The number of anilines is 2. The van der Waals surface area contributed by atoms with E-state index in [2.05, 4.69) is 20.5 Å². The van der Waals surface area contributed by atoms with Crippen molar-refractivity contribution in [1.82, 2.24) is 20.2 Å². The van der Waals surface area contributed by atoms with E-state index in [1.54, 1.807) is 23.1 Å². The van der Waals surface area contributed by atoms with E-state index in [0.29, 0.717) is 56.5 Å². The maximum atomic E-state index is 12.7. The summed E-state index contributed by atoms with van der Waals surface area (Å²) in [4.78, 5) is 47.7. The van der Waals surface area contributed by atoms with Crippen molar-refractivity contribution in [2.75, 3.05) is 49.5 Å². The van der Waals surface area contributed by atoms with Crippen molar-refractivity contribution in [3.8, 4) is 11.4 Å². The summed E-state index contributed by atoms with van der Waals surface area (Å²) in [6.45, 7) is 4.66. The highest BCUT2D eigenvalue weighted by Crippen LogP contribution is 2.23. The standard InChI is InChI=1S/C27H29N7O4/c1-20(35)28-12-13-29-24-19-25(31-27(30-24)22-7-3-2-4-8-22)32-14-16-33(17-15-32)26(36)11-10-21-6-5-9-23(18-21)34(37)38/h2-11,18-19H,12-17H2,1H3,(H,28,35)(H,29,30,31)/b11-10+. The molecule has 0 saturated carbocycles. The molecule has 11 nitrogen and oxygen atoms in total. The number of hydrogen-bond acceptors (Lipinski definition) is 8. The van der Waals surface area contributed by atoms with Crippen molar-refractivity contribution in [2.24, 2.45) is 0 Å². The minimum absolute atomic E-state index is 0.0167. The lowest BCUT2D eigenvalue weighted by Gasteiger charge is -2.35. The van der Waals surface area contributed by atoms with Crippen LogP contribution >= 0.6 is 0 Å². The van der Waals surface area contributed by atoms with Crippen molar-refractivity contribution < 1.29 is 14.5 Å². The number of carbonyl (C=O) groups excluding carboxylic acids is 2. The molecule has 38 heavy (non-hydrogen) atoms. The molecule has 3 aromatic rings. The molecule has 11 heteroatoms. The van der Waals surface area contributed by atoms with Gasteiger partial charge in [0.1, 0.15) is 11.6 Å². The molecule has 196 valence electrons. The summed E-state index contributed by atoms with van der Waals surface area (Å²) in [6.07, 6.45) is 3.04. The number of nitro benzene ring substituents is 1. The quantitative estimate of drug-likeness (QED) is 0.192. The average molecular weight is 516 g/mol. The number of rotatable bonds is 9. The van der Waals surface area contributed by atoms with Gasteiger partial charge in [0.2, 0.25) is 11.8 Å². The van der Waals surface area contributed by atoms with Crippen molar-refractivity contribution in [3.63, 3.8) is 0 Å². The number of hydrogen-bond donors (Lipinski definition) is 2. The first-order chi connectivity index (χ1) is 18.4. The first-order valence-corrected chi connectivity index (χ1v) is 12.3. The molecule has 1 saturated heterocycles. The van der Waals surface area contributed by atoms with Gasteiger partial charge in [-0.1, -0.05) is 42.5 Å². The normalized spacial score (nSPS) is 13.4. The molecule has 0 radical (unpaired) electrons. The number of amides is 2. The topological polar surface area (TPSA) is 134 Å². The summed E-state index contributed by atoms with van der Waals surface area (Å²) >= 11 is 0. The van der Waals surface area contributed by atoms with E-state index >= 15 is 0 Å². The second-order valence-corrected chi connectivity index (χ2v) is 8.71. The number of nitro groups is 1. The zero-order valence-corrected chi connectivity index (χ0v) is 21.0. The van der Waals surface area contributed by atoms with Crippen molar-refractivity contribution in [1.29, 1.82) is 0 Å². The van der Waals surface area contributed by atoms with Crippen LogP contribution in [0.5, 0.6) is 0 Å². The van der Waals surface area contributed by atoms with E-state index in [0.717, 1.165) is 11.4 Å². The summed E-state index contributed by atoms with van der Waals surface area (Å²) in [5, 5.41) is 17.0. The fraction of sp³-hybridized carbons (Fsp3) is 0.259. The van der Waals surface area contributed by atoms with Crippen LogP contribution in [0.4, 0.5) is 17.3 Å². The van der Waals surface area contributed by atoms with Crippen LogP contribution < -0.4 is 15.5 Å². The number of aromatic nitrogens is 2. The Kier molecular flexibility index (Phi) is 8.60. The summed E-state index contributed by atoms with van der Waals surface area (Å²) in [5.74, 6) is 1.75. The molecule has 0 bridgehead atoms. The highest BCUT2D eigenvalue weighted by Gasteiger charge is 2.22. The third kappa shape index (κ3) is 7.12. The first kappa shape index (κ1) is 26.3. The van der Waals surface area contributed by atoms with Gasteiger partial charge in [0.15, 0.2) is 5.82 Å². The summed E-state index contributed by atoms with van der Waals surface area (Å²) < 4.78 is 0. The third-order valence-electron chi connectivity index (χ3n) is 5.96. The van der Waals surface area contributed by atoms with Crippen LogP contribution in [0, 0.1) is 10.1 Å². The average Bonchev–Trinajstić information content (AvgIpc) is 2.94. The van der Waals surface area contributed by atoms with Crippen molar-refractivity contribution in [2.45, 2.75) is 6.92 Å². The Bertz CT molecular complexity index is 1320. The SMILES string of the molecule is CC(=O)NCCNc1cc(N2CCN(C(=O)/C=C/c3cccc([N+](=O)[O-])c3)CC2)nc(-c2ccccc2)n1. The Morgan fingerprint density at radius 3 is 2.47 bits per heavy atom. The molecular weight excluding hydrogens is 486 g/mol. The minimum Gasteiger partial charge on any atom is -0.368 e. The van der Waals surface area contributed by atoms with Crippen LogP contribution in [-0.4, -0.2) is 70.9 Å². The van der Waals surface area contributed by atoms with Gasteiger partial charge >= 0.3 is 0 Å². The lowest BCUT2D eigenvalue weighted by Crippen LogP contribution is -2.48. The number of benzene rings is 2. The summed E-state index contributed by atoms with van der Waals surface area (Å²) in [6, 6.07) is 17.7. The van der Waals surface area contributed by atoms with Gasteiger partial charge in [-0.05, 0) is 11.6 Å². The molecule has 2 heterocycles. The third-order valence-corrected chi connectivity index (χ3v) is 5.96. The van der Waals surface area contributed by atoms with Gasteiger partial charge in [-0.2, -0.15) is 0 Å². The van der Waals surface area contributed by atoms with E-state index in [1.165, 1.54) is 25.1 Å². The van der Waals surface area contributed by atoms with E-state index in [9.17, 15) is 19.7 Å². The molecule has 0 atom stereocenters. The Balaban J connectivity index is 1.42. The number of non-ortho nitro benzene ring substituents is 1. The van der Waals surface area contributed by atoms with Crippen molar-refractivity contribution in [3.05, 3.63) is 82.4 Å². The van der Waals surface area contributed by atoms with E-state index in [1.807, 2.05) is 36.4 Å². The zero-order valence-electron chi connectivity index (χ0n) is 21.0. The molecule has 2 N–H and O–H groups in total. The zero-order chi connectivity index (χ0) is 26.9. The van der Waals surface area contributed by atoms with Gasteiger partial charge in [-0.15, -0.1) is 0 Å². The Morgan fingerprint density at radius 1 is 1.00 bits per heavy atom. The van der Waals surface area contributed by atoms with Crippen LogP contribution in [0.1, 0.15) is 12.5 Å². The molecule has 2 amide bonds. The van der Waals surface area contributed by atoms with Gasteiger partial charge in [-0.3, -0.25) is 19.7 Å². The van der Waals surface area contributed by atoms with E-state index in [-0.39, 0.29) is 17.5 Å². The second kappa shape index (κ2) is 12.4. The largest absolute Gasteiger partial charge is 0.368 e. The molecular formula is C27H29N7O4. The number of carbonyl (C=O) groups is 2. The Morgan fingerprint density at radius 2 is 1.76 bits per heavy atom. The maximum absolute atomic E-state index is 12.7. The maximum Gasteiger partial charge on any atom is 0.270 e. The van der Waals surface area contributed by atoms with Gasteiger partial charge < -0.3 is 20.4 Å². The molecule has 1 aliphatic rings. The lowest BCUT2D eigenvalue weighted by atomic mass is 10.2. The molecule has 1 fully saturated rings. The van der Waals surface area contributed by atoms with E-state index in [4.69, 9.17) is 4.98 Å². The fourth-order valence-corrected chi connectivity index (χ4v) is 4.00. The van der Waals surface area contributed by atoms with Crippen LogP contribution in [0.15, 0.2) is 66.7 Å². The molecule has 0 spiro atoms. The molecule has 1 aromatic heterocycles. The predicted octanol–water partition coefficient (Wildman–Crippen LogP) is 2.96. The van der Waals surface area contributed by atoms with Gasteiger partial charge in [0.25, 0.3) is 5.69 Å². The Hall–Kier alpha value is -4.80. The predicted molar refractivity (Wildman–Crippen MR) is 146 cm³/mol. The lowest BCUT2D eigenvalue weighted by molar-refractivity contribution is -0.384. The second-order valence-electron chi connectivity index (χ2n) is 8.71. The first-order valence-electron chi connectivity index (χ1n) is 12.3. The van der Waals surface area contributed by atoms with Gasteiger partial charge in [0, 0.05) is 76.0 Å². The smallest absolute Gasteiger partial charge is 0.270 e. The fourth-order valence-electron chi connectivity index (χ4n) is 4.00. The number of nitrogens with one attached hydrogen (secondary N) is 2. The van der Waals surface area contributed by atoms with Crippen molar-refractivity contribution >= 4 is 35.2 Å². The summed E-state index contributed by atoms with van der Waals surface area (Å²) in [7, 11) is 0. The van der Waals surface area contributed by atoms with Gasteiger partial charge in [-0.25, -0.2) is 9.97 Å². The minimum atomic E-state index is -0.460. The van der Waals surface area contributed by atoms with E-state index < -0.39 is 4.92 Å². The van der Waals surface area contributed by atoms with Crippen LogP contribution in [0.25, 0.3) is 17.5 Å². The molecule has 1 aliphatic heterocycles. The monoisotopic (exact) mass is 515 g/mol. The van der Waals surface area contributed by atoms with Crippen LogP contribution in [0.3, 0.4) is 0 Å². The Labute approximate surface area is 220 Å². The molecule has 0 aliphatic carbocycles. The van der Waals surface area contributed by atoms with Gasteiger partial charge in [0.05, 0.1) is 4.92 Å². The number of nitrogens with zero attached hydrogens (tertiary/aromatic N) is 5. The molecule has 0 unspecified atom stereocenters.